The zero-order valence-corrected chi connectivity index (χ0v) is 15.5. The molecule has 130 valence electrons. The normalized spacial score (nSPS) is 12.8. The van der Waals surface area contributed by atoms with Gasteiger partial charge in [-0.15, -0.1) is 12.4 Å². The number of hydrogen-bond donors (Lipinski definition) is 2. The first-order valence-electron chi connectivity index (χ1n) is 7.46. The minimum absolute atomic E-state index is 0. The fourth-order valence-corrected chi connectivity index (χ4v) is 3.16. The molecule has 2 aromatic carbocycles. The molecule has 0 spiro atoms. The van der Waals surface area contributed by atoms with Crippen molar-refractivity contribution in [2.45, 2.75) is 25.1 Å². The van der Waals surface area contributed by atoms with Gasteiger partial charge in [-0.05, 0) is 29.7 Å². The van der Waals surface area contributed by atoms with Gasteiger partial charge in [0.2, 0.25) is 5.91 Å². The van der Waals surface area contributed by atoms with Crippen LogP contribution < -0.4 is 11.1 Å². The third kappa shape index (κ3) is 5.74. The lowest BCUT2D eigenvalue weighted by molar-refractivity contribution is -0.116. The zero-order valence-electron chi connectivity index (χ0n) is 13.8. The summed E-state index contributed by atoms with van der Waals surface area (Å²) in [5.74, 6) is 0.359. The van der Waals surface area contributed by atoms with Crippen LogP contribution in [-0.4, -0.2) is 16.4 Å². The van der Waals surface area contributed by atoms with Gasteiger partial charge in [0, 0.05) is 41.0 Å². The Kier molecular flexibility index (Phi) is 8.11. The summed E-state index contributed by atoms with van der Waals surface area (Å²) < 4.78 is 11.4. The molecule has 2 aromatic rings. The highest BCUT2D eigenvalue weighted by atomic mass is 35.5. The standard InChI is InChI=1S/C18H22N2O2S.ClH/c1-13-15(12-23(2)22)9-6-10-17(13)20-18(21)11-16(19)14-7-4-3-5-8-14;/h3-10,16H,11-12,19H2,1-2H3,(H,20,21);1H. The summed E-state index contributed by atoms with van der Waals surface area (Å²) in [6, 6.07) is 14.9. The van der Waals surface area contributed by atoms with Crippen molar-refractivity contribution in [3.8, 4) is 0 Å². The Hall–Kier alpha value is -1.69. The van der Waals surface area contributed by atoms with Gasteiger partial charge in [-0.2, -0.15) is 0 Å². The molecule has 0 aromatic heterocycles. The third-order valence-electron chi connectivity index (χ3n) is 3.71. The van der Waals surface area contributed by atoms with Crippen molar-refractivity contribution in [1.82, 2.24) is 0 Å². The van der Waals surface area contributed by atoms with Gasteiger partial charge < -0.3 is 11.1 Å². The number of hydrogen-bond acceptors (Lipinski definition) is 3. The number of benzene rings is 2. The van der Waals surface area contributed by atoms with Gasteiger partial charge >= 0.3 is 0 Å². The van der Waals surface area contributed by atoms with Crippen LogP contribution in [0.4, 0.5) is 5.69 Å². The van der Waals surface area contributed by atoms with E-state index in [0.29, 0.717) is 5.75 Å². The number of nitrogens with two attached hydrogens (primary N) is 1. The van der Waals surface area contributed by atoms with Crippen molar-refractivity contribution in [1.29, 1.82) is 0 Å². The third-order valence-corrected chi connectivity index (χ3v) is 4.43. The van der Waals surface area contributed by atoms with Crippen LogP contribution >= 0.6 is 12.4 Å². The molecule has 2 rings (SSSR count). The first kappa shape index (κ1) is 20.4. The molecule has 0 bridgehead atoms. The second-order valence-corrected chi connectivity index (χ2v) is 7.01. The molecule has 2 unspecified atom stereocenters. The van der Waals surface area contributed by atoms with E-state index in [-0.39, 0.29) is 30.8 Å². The van der Waals surface area contributed by atoms with E-state index in [1.165, 1.54) is 0 Å². The SMILES string of the molecule is Cc1c(CS(C)=O)cccc1NC(=O)CC(N)c1ccccc1.Cl. The maximum absolute atomic E-state index is 12.2. The maximum Gasteiger partial charge on any atom is 0.226 e. The molecule has 2 atom stereocenters. The first-order valence-corrected chi connectivity index (χ1v) is 9.19. The number of anilines is 1. The Morgan fingerprint density at radius 1 is 1.17 bits per heavy atom. The number of rotatable bonds is 6. The lowest BCUT2D eigenvalue weighted by Crippen LogP contribution is -2.21. The Labute approximate surface area is 151 Å². The van der Waals surface area contributed by atoms with Gasteiger partial charge in [-0.1, -0.05) is 42.5 Å². The van der Waals surface area contributed by atoms with Crippen LogP contribution in [0.25, 0.3) is 0 Å². The molecule has 6 heteroatoms. The van der Waals surface area contributed by atoms with Crippen LogP contribution in [0.15, 0.2) is 48.5 Å². The van der Waals surface area contributed by atoms with E-state index in [1.807, 2.05) is 55.5 Å². The van der Waals surface area contributed by atoms with Gasteiger partial charge in [0.05, 0.1) is 0 Å². The molecule has 0 saturated carbocycles. The van der Waals surface area contributed by atoms with Crippen LogP contribution in [0.5, 0.6) is 0 Å². The molecule has 4 nitrogen and oxygen atoms in total. The van der Waals surface area contributed by atoms with E-state index < -0.39 is 10.8 Å². The summed E-state index contributed by atoms with van der Waals surface area (Å²) >= 11 is 0. The topological polar surface area (TPSA) is 72.2 Å². The first-order chi connectivity index (χ1) is 11.0. The van der Waals surface area contributed by atoms with Crippen LogP contribution in [0.2, 0.25) is 0 Å². The average molecular weight is 367 g/mol. The fourth-order valence-electron chi connectivity index (χ4n) is 2.41. The van der Waals surface area contributed by atoms with Crippen molar-refractivity contribution in [3.05, 3.63) is 65.2 Å². The molecule has 0 heterocycles. The van der Waals surface area contributed by atoms with Crippen molar-refractivity contribution in [2.24, 2.45) is 5.73 Å². The Balaban J connectivity index is 0.00000288. The summed E-state index contributed by atoms with van der Waals surface area (Å²) in [6.07, 6.45) is 1.89. The Bertz CT molecular complexity index is 707. The molecular formula is C18H23ClN2O2S. The molecule has 1 amide bonds. The van der Waals surface area contributed by atoms with E-state index in [1.54, 1.807) is 6.26 Å². The summed E-state index contributed by atoms with van der Waals surface area (Å²) in [4.78, 5) is 12.2. The lowest BCUT2D eigenvalue weighted by atomic mass is 10.0. The minimum Gasteiger partial charge on any atom is -0.326 e. The summed E-state index contributed by atoms with van der Waals surface area (Å²) in [5, 5.41) is 2.91. The number of halogens is 1. The summed E-state index contributed by atoms with van der Waals surface area (Å²) in [7, 11) is -0.915. The highest BCUT2D eigenvalue weighted by molar-refractivity contribution is 7.83. The fraction of sp³-hybridized carbons (Fsp3) is 0.278. The van der Waals surface area contributed by atoms with Crippen molar-refractivity contribution < 1.29 is 9.00 Å². The molecular weight excluding hydrogens is 344 g/mol. The molecule has 0 fully saturated rings. The minimum atomic E-state index is -0.915. The van der Waals surface area contributed by atoms with Gasteiger partial charge in [0.1, 0.15) is 0 Å². The number of amides is 1. The van der Waals surface area contributed by atoms with Crippen LogP contribution in [0.3, 0.4) is 0 Å². The summed E-state index contributed by atoms with van der Waals surface area (Å²) in [5.41, 5.74) is 9.70. The van der Waals surface area contributed by atoms with Gasteiger partial charge in [-0.25, -0.2) is 0 Å². The molecule has 0 saturated heterocycles. The largest absolute Gasteiger partial charge is 0.326 e. The summed E-state index contributed by atoms with van der Waals surface area (Å²) in [6.45, 7) is 1.93. The quantitative estimate of drug-likeness (QED) is 0.823. The molecule has 0 aliphatic carbocycles. The number of nitrogens with one attached hydrogen (secondary N) is 1. The van der Waals surface area contributed by atoms with E-state index in [9.17, 15) is 9.00 Å². The van der Waals surface area contributed by atoms with Crippen LogP contribution in [0, 0.1) is 6.92 Å². The smallest absolute Gasteiger partial charge is 0.226 e. The molecule has 24 heavy (non-hydrogen) atoms. The number of carbonyl (C=O) groups is 1. The van der Waals surface area contributed by atoms with Gasteiger partial charge in [0.25, 0.3) is 0 Å². The predicted octanol–water partition coefficient (Wildman–Crippen LogP) is 3.32. The van der Waals surface area contributed by atoms with Gasteiger partial charge in [0.15, 0.2) is 0 Å². The molecule has 3 N–H and O–H groups in total. The van der Waals surface area contributed by atoms with Crippen LogP contribution in [0.1, 0.15) is 29.2 Å². The Morgan fingerprint density at radius 2 is 1.83 bits per heavy atom. The predicted molar refractivity (Wildman–Crippen MR) is 103 cm³/mol. The second kappa shape index (κ2) is 9.57. The molecule has 0 radical (unpaired) electrons. The highest BCUT2D eigenvalue weighted by Crippen LogP contribution is 2.21. The van der Waals surface area contributed by atoms with Crippen LogP contribution in [-0.2, 0) is 21.3 Å². The highest BCUT2D eigenvalue weighted by Gasteiger charge is 2.13. The van der Waals surface area contributed by atoms with Crippen molar-refractivity contribution in [3.63, 3.8) is 0 Å². The molecule has 0 aliphatic heterocycles. The van der Waals surface area contributed by atoms with Gasteiger partial charge in [-0.3, -0.25) is 9.00 Å². The van der Waals surface area contributed by atoms with Crippen molar-refractivity contribution in [2.75, 3.05) is 11.6 Å². The van der Waals surface area contributed by atoms with E-state index in [2.05, 4.69) is 5.32 Å². The maximum atomic E-state index is 12.2. The van der Waals surface area contributed by atoms with E-state index in [0.717, 1.165) is 22.4 Å². The lowest BCUT2D eigenvalue weighted by Gasteiger charge is -2.15. The monoisotopic (exact) mass is 366 g/mol. The van der Waals surface area contributed by atoms with Crippen molar-refractivity contribution >= 4 is 34.8 Å². The van der Waals surface area contributed by atoms with E-state index in [4.69, 9.17) is 5.73 Å². The number of carbonyl (C=O) groups excluding carboxylic acids is 1. The average Bonchev–Trinajstić information content (AvgIpc) is 2.51. The Morgan fingerprint density at radius 3 is 2.46 bits per heavy atom. The molecule has 0 aliphatic rings. The van der Waals surface area contributed by atoms with E-state index >= 15 is 0 Å². The second-order valence-electron chi connectivity index (χ2n) is 5.58. The zero-order chi connectivity index (χ0) is 16.8.